The average molecular weight is 222 g/mol. The number of primary amides is 1. The normalized spacial score (nSPS) is 19.9. The van der Waals surface area contributed by atoms with Gasteiger partial charge in [-0.05, 0) is 5.92 Å². The highest BCUT2D eigenvalue weighted by atomic mass is 16.1. The number of nitrogens with two attached hydrogens (primary N) is 1. The molecule has 5 heteroatoms. The first-order chi connectivity index (χ1) is 7.52. The zero-order valence-corrected chi connectivity index (χ0v) is 9.95. The van der Waals surface area contributed by atoms with E-state index < -0.39 is 5.91 Å². The highest BCUT2D eigenvalue weighted by Gasteiger charge is 2.30. The van der Waals surface area contributed by atoms with Crippen LogP contribution in [0.5, 0.6) is 0 Å². The van der Waals surface area contributed by atoms with E-state index >= 15 is 0 Å². The van der Waals surface area contributed by atoms with Crippen molar-refractivity contribution in [3.8, 4) is 0 Å². The van der Waals surface area contributed by atoms with Gasteiger partial charge in [0, 0.05) is 37.3 Å². The number of amides is 1. The molecular weight excluding hydrogens is 204 g/mol. The van der Waals surface area contributed by atoms with Gasteiger partial charge in [0.25, 0.3) is 5.91 Å². The van der Waals surface area contributed by atoms with Crippen molar-refractivity contribution in [3.63, 3.8) is 0 Å². The molecule has 1 unspecified atom stereocenters. The number of nitrogens with one attached hydrogen (secondary N) is 1. The Morgan fingerprint density at radius 3 is 2.88 bits per heavy atom. The van der Waals surface area contributed by atoms with Crippen LogP contribution >= 0.6 is 0 Å². The number of rotatable bonds is 2. The largest absolute Gasteiger partial charge is 0.364 e. The number of hydrogen-bond donors (Lipinski definition) is 2. The molecule has 0 saturated heterocycles. The van der Waals surface area contributed by atoms with Gasteiger partial charge >= 0.3 is 0 Å². The van der Waals surface area contributed by atoms with Gasteiger partial charge in [-0.2, -0.15) is 5.10 Å². The van der Waals surface area contributed by atoms with E-state index in [4.69, 9.17) is 5.73 Å². The van der Waals surface area contributed by atoms with Crippen LogP contribution in [0.4, 0.5) is 0 Å². The maximum Gasteiger partial charge on any atom is 0.269 e. The van der Waals surface area contributed by atoms with Gasteiger partial charge in [0.1, 0.15) is 0 Å². The SMILES string of the molecule is CC(C)C1CNCc2c(C(N)=O)nn(C)c21. The lowest BCUT2D eigenvalue weighted by atomic mass is 9.87. The van der Waals surface area contributed by atoms with Gasteiger partial charge in [-0.25, -0.2) is 0 Å². The highest BCUT2D eigenvalue weighted by Crippen LogP contribution is 2.31. The fraction of sp³-hybridized carbons (Fsp3) is 0.636. The summed E-state index contributed by atoms with van der Waals surface area (Å²) in [5.74, 6) is 0.472. The number of carbonyl (C=O) groups is 1. The molecule has 0 aliphatic carbocycles. The maximum absolute atomic E-state index is 11.3. The Kier molecular flexibility index (Phi) is 2.71. The third-order valence-corrected chi connectivity index (χ3v) is 3.25. The molecule has 1 aromatic rings. The minimum absolute atomic E-state index is 0.398. The Morgan fingerprint density at radius 2 is 2.31 bits per heavy atom. The summed E-state index contributed by atoms with van der Waals surface area (Å²) in [5, 5.41) is 7.55. The Labute approximate surface area is 95.0 Å². The molecule has 1 aliphatic rings. The summed E-state index contributed by atoms with van der Waals surface area (Å²) in [6.07, 6.45) is 0. The van der Waals surface area contributed by atoms with Crippen molar-refractivity contribution in [2.24, 2.45) is 18.7 Å². The quantitative estimate of drug-likeness (QED) is 0.759. The summed E-state index contributed by atoms with van der Waals surface area (Å²) in [6.45, 7) is 5.98. The third kappa shape index (κ3) is 1.61. The van der Waals surface area contributed by atoms with Gasteiger partial charge in [-0.3, -0.25) is 9.48 Å². The van der Waals surface area contributed by atoms with Crippen molar-refractivity contribution in [2.75, 3.05) is 6.54 Å². The van der Waals surface area contributed by atoms with Crippen LogP contribution in [0.25, 0.3) is 0 Å². The number of carbonyl (C=O) groups excluding carboxylic acids is 1. The summed E-state index contributed by atoms with van der Waals surface area (Å²) in [7, 11) is 1.88. The predicted octanol–water partition coefficient (Wildman–Crippen LogP) is 0.362. The average Bonchev–Trinajstić information content (AvgIpc) is 2.56. The molecule has 1 amide bonds. The van der Waals surface area contributed by atoms with Crippen molar-refractivity contribution in [1.82, 2.24) is 15.1 Å². The molecule has 0 bridgehead atoms. The monoisotopic (exact) mass is 222 g/mol. The Balaban J connectivity index is 2.53. The molecule has 2 heterocycles. The predicted molar refractivity (Wildman–Crippen MR) is 61.0 cm³/mol. The summed E-state index contributed by atoms with van der Waals surface area (Å²) < 4.78 is 1.81. The van der Waals surface area contributed by atoms with Crippen molar-refractivity contribution in [1.29, 1.82) is 0 Å². The van der Waals surface area contributed by atoms with E-state index in [-0.39, 0.29) is 0 Å². The molecule has 3 N–H and O–H groups in total. The van der Waals surface area contributed by atoms with Gasteiger partial charge in [0.15, 0.2) is 5.69 Å². The van der Waals surface area contributed by atoms with Crippen LogP contribution in [0.2, 0.25) is 0 Å². The molecule has 1 aromatic heterocycles. The molecule has 0 spiro atoms. The number of fused-ring (bicyclic) bond motifs is 1. The van der Waals surface area contributed by atoms with Crippen LogP contribution in [-0.4, -0.2) is 22.2 Å². The molecule has 88 valence electrons. The highest BCUT2D eigenvalue weighted by molar-refractivity contribution is 5.92. The molecule has 1 atom stereocenters. The number of hydrogen-bond acceptors (Lipinski definition) is 3. The summed E-state index contributed by atoms with van der Waals surface area (Å²) >= 11 is 0. The second-order valence-corrected chi connectivity index (χ2v) is 4.68. The van der Waals surface area contributed by atoms with Gasteiger partial charge in [-0.15, -0.1) is 0 Å². The van der Waals surface area contributed by atoms with Crippen molar-refractivity contribution < 1.29 is 4.79 Å². The van der Waals surface area contributed by atoms with E-state index in [2.05, 4.69) is 24.3 Å². The zero-order chi connectivity index (χ0) is 11.9. The maximum atomic E-state index is 11.3. The van der Waals surface area contributed by atoms with Crippen molar-refractivity contribution in [3.05, 3.63) is 17.0 Å². The molecule has 2 rings (SSSR count). The molecule has 0 radical (unpaired) electrons. The molecule has 1 aliphatic heterocycles. The smallest absolute Gasteiger partial charge is 0.269 e. The van der Waals surface area contributed by atoms with E-state index in [1.165, 1.54) is 0 Å². The fourth-order valence-electron chi connectivity index (χ4n) is 2.42. The standard InChI is InChI=1S/C11H18N4O/c1-6(2)7-4-13-5-8-9(11(12)16)14-15(3)10(7)8/h6-7,13H,4-5H2,1-3H3,(H2,12,16). The third-order valence-electron chi connectivity index (χ3n) is 3.25. The van der Waals surface area contributed by atoms with E-state index in [1.807, 2.05) is 7.05 Å². The van der Waals surface area contributed by atoms with Crippen LogP contribution in [0, 0.1) is 5.92 Å². The van der Waals surface area contributed by atoms with E-state index in [9.17, 15) is 4.79 Å². The van der Waals surface area contributed by atoms with Crippen LogP contribution in [0.3, 0.4) is 0 Å². The van der Waals surface area contributed by atoms with Gasteiger partial charge in [0.2, 0.25) is 0 Å². The van der Waals surface area contributed by atoms with Crippen molar-refractivity contribution >= 4 is 5.91 Å². The molecule has 16 heavy (non-hydrogen) atoms. The minimum atomic E-state index is -0.442. The fourth-order valence-corrected chi connectivity index (χ4v) is 2.42. The summed E-state index contributed by atoms with van der Waals surface area (Å²) in [4.78, 5) is 11.3. The topological polar surface area (TPSA) is 72.9 Å². The first-order valence-electron chi connectivity index (χ1n) is 5.58. The zero-order valence-electron chi connectivity index (χ0n) is 9.95. The lowest BCUT2D eigenvalue weighted by molar-refractivity contribution is 0.0994. The van der Waals surface area contributed by atoms with E-state index in [1.54, 1.807) is 4.68 Å². The summed E-state index contributed by atoms with van der Waals surface area (Å²) in [6, 6.07) is 0. The van der Waals surface area contributed by atoms with E-state index in [0.717, 1.165) is 17.8 Å². The van der Waals surface area contributed by atoms with Crippen molar-refractivity contribution in [2.45, 2.75) is 26.3 Å². The van der Waals surface area contributed by atoms with Crippen LogP contribution in [-0.2, 0) is 13.6 Å². The minimum Gasteiger partial charge on any atom is -0.364 e. The number of aromatic nitrogens is 2. The van der Waals surface area contributed by atoms with Gasteiger partial charge in [-0.1, -0.05) is 13.8 Å². The summed E-state index contributed by atoms with van der Waals surface area (Å²) in [5.41, 5.74) is 7.87. The second-order valence-electron chi connectivity index (χ2n) is 4.68. The molecule has 5 nitrogen and oxygen atoms in total. The van der Waals surface area contributed by atoms with Crippen LogP contribution in [0.15, 0.2) is 0 Å². The number of nitrogens with zero attached hydrogens (tertiary/aromatic N) is 2. The van der Waals surface area contributed by atoms with Crippen LogP contribution in [0.1, 0.15) is 41.5 Å². The van der Waals surface area contributed by atoms with E-state index in [0.29, 0.717) is 24.1 Å². The molecule has 0 fully saturated rings. The van der Waals surface area contributed by atoms with Crippen LogP contribution < -0.4 is 11.1 Å². The first kappa shape index (κ1) is 11.1. The lowest BCUT2D eigenvalue weighted by Crippen LogP contribution is -2.32. The molecule has 0 saturated carbocycles. The molecular formula is C11H18N4O. The first-order valence-corrected chi connectivity index (χ1v) is 5.58. The Morgan fingerprint density at radius 1 is 1.62 bits per heavy atom. The van der Waals surface area contributed by atoms with Gasteiger partial charge < -0.3 is 11.1 Å². The second kappa shape index (κ2) is 3.90. The number of aryl methyl sites for hydroxylation is 1. The lowest BCUT2D eigenvalue weighted by Gasteiger charge is -2.27. The van der Waals surface area contributed by atoms with Gasteiger partial charge in [0.05, 0.1) is 0 Å². The Bertz CT molecular complexity index is 422. The molecule has 0 aromatic carbocycles. The Hall–Kier alpha value is -1.36.